The number of aliphatic hydroxyl groups is 1. The molecule has 0 amide bonds. The summed E-state index contributed by atoms with van der Waals surface area (Å²) < 4.78 is 0. The maximum Gasteiger partial charge on any atom is 0.159 e. The van der Waals surface area contributed by atoms with Gasteiger partial charge in [0.2, 0.25) is 0 Å². The minimum Gasteiger partial charge on any atom is -0.394 e. The lowest BCUT2D eigenvalue weighted by atomic mass is 10.0. The molecule has 0 aliphatic carbocycles. The van der Waals surface area contributed by atoms with E-state index in [1.807, 2.05) is 6.07 Å². The van der Waals surface area contributed by atoms with Crippen molar-refractivity contribution in [2.45, 2.75) is 26.3 Å². The monoisotopic (exact) mass is 267 g/mol. The molecule has 2 rings (SSSR count). The van der Waals surface area contributed by atoms with Gasteiger partial charge in [-0.15, -0.1) is 0 Å². The molecule has 1 heterocycles. The smallest absolute Gasteiger partial charge is 0.159 e. The van der Waals surface area contributed by atoms with Crippen molar-refractivity contribution in [2.75, 3.05) is 18.1 Å². The molecule has 1 aliphatic heterocycles. The largest absolute Gasteiger partial charge is 0.394 e. The predicted octanol–water partition coefficient (Wildman–Crippen LogP) is 2.75. The van der Waals surface area contributed by atoms with Crippen LogP contribution in [0.25, 0.3) is 0 Å². The summed E-state index contributed by atoms with van der Waals surface area (Å²) >= 11 is 6.25. The van der Waals surface area contributed by atoms with Gasteiger partial charge in [-0.1, -0.05) is 18.5 Å². The van der Waals surface area contributed by atoms with Gasteiger partial charge in [-0.3, -0.25) is 4.79 Å². The first kappa shape index (κ1) is 13.4. The summed E-state index contributed by atoms with van der Waals surface area (Å²) in [6, 6.07) is 5.49. The van der Waals surface area contributed by atoms with Crippen molar-refractivity contribution in [3.05, 3.63) is 28.8 Å². The fourth-order valence-corrected chi connectivity index (χ4v) is 2.83. The number of benzene rings is 1. The van der Waals surface area contributed by atoms with Gasteiger partial charge in [-0.2, -0.15) is 0 Å². The van der Waals surface area contributed by atoms with Crippen LogP contribution < -0.4 is 4.90 Å². The van der Waals surface area contributed by atoms with Gasteiger partial charge in [0.25, 0.3) is 0 Å². The Labute approximate surface area is 112 Å². The third kappa shape index (κ3) is 2.38. The van der Waals surface area contributed by atoms with E-state index >= 15 is 0 Å². The molecule has 0 aromatic heterocycles. The van der Waals surface area contributed by atoms with Gasteiger partial charge in [0.05, 0.1) is 23.4 Å². The Balaban J connectivity index is 2.31. The second kappa shape index (κ2) is 5.29. The van der Waals surface area contributed by atoms with Crippen molar-refractivity contribution < 1.29 is 9.90 Å². The van der Waals surface area contributed by atoms with Crippen molar-refractivity contribution in [2.24, 2.45) is 5.92 Å². The molecule has 18 heavy (non-hydrogen) atoms. The number of ketones is 1. The topological polar surface area (TPSA) is 40.5 Å². The van der Waals surface area contributed by atoms with Crippen LogP contribution in [0.15, 0.2) is 18.2 Å². The number of anilines is 1. The maximum absolute atomic E-state index is 11.3. The average Bonchev–Trinajstić information content (AvgIpc) is 2.70. The van der Waals surface area contributed by atoms with Crippen LogP contribution in [0.3, 0.4) is 0 Å². The van der Waals surface area contributed by atoms with E-state index in [1.54, 1.807) is 12.1 Å². The maximum atomic E-state index is 11.3. The number of carbonyl (C=O) groups is 1. The van der Waals surface area contributed by atoms with Crippen LogP contribution in [0.4, 0.5) is 5.69 Å². The van der Waals surface area contributed by atoms with Crippen LogP contribution in [-0.2, 0) is 0 Å². The number of hydrogen-bond acceptors (Lipinski definition) is 3. The Morgan fingerprint density at radius 1 is 1.56 bits per heavy atom. The average molecular weight is 268 g/mol. The lowest BCUT2D eigenvalue weighted by Crippen LogP contribution is -2.35. The molecule has 2 unspecified atom stereocenters. The molecule has 1 aliphatic rings. The zero-order valence-electron chi connectivity index (χ0n) is 10.7. The minimum atomic E-state index is 0.0111. The summed E-state index contributed by atoms with van der Waals surface area (Å²) in [6.45, 7) is 4.69. The van der Waals surface area contributed by atoms with Crippen molar-refractivity contribution in [3.63, 3.8) is 0 Å². The van der Waals surface area contributed by atoms with Crippen LogP contribution >= 0.6 is 11.6 Å². The van der Waals surface area contributed by atoms with Gasteiger partial charge in [-0.05, 0) is 37.5 Å². The molecule has 4 heteroatoms. The summed E-state index contributed by atoms with van der Waals surface area (Å²) in [5, 5.41) is 10.0. The van der Waals surface area contributed by atoms with Crippen LogP contribution in [-0.4, -0.2) is 30.1 Å². The van der Waals surface area contributed by atoms with Crippen molar-refractivity contribution >= 4 is 23.1 Å². The van der Waals surface area contributed by atoms with Crippen LogP contribution in [0.1, 0.15) is 30.6 Å². The molecule has 1 aromatic rings. The summed E-state index contributed by atoms with van der Waals surface area (Å²) in [6.07, 6.45) is 1.05. The molecule has 0 saturated carbocycles. The first-order chi connectivity index (χ1) is 8.54. The van der Waals surface area contributed by atoms with Crippen LogP contribution in [0.2, 0.25) is 5.02 Å². The highest BCUT2D eigenvalue weighted by Crippen LogP contribution is 2.34. The van der Waals surface area contributed by atoms with Gasteiger partial charge >= 0.3 is 0 Å². The Morgan fingerprint density at radius 2 is 2.28 bits per heavy atom. The van der Waals surface area contributed by atoms with Crippen molar-refractivity contribution in [3.8, 4) is 0 Å². The summed E-state index contributed by atoms with van der Waals surface area (Å²) in [5.74, 6) is 0.468. The van der Waals surface area contributed by atoms with Crippen LogP contribution in [0.5, 0.6) is 0 Å². The molecule has 98 valence electrons. The first-order valence-electron chi connectivity index (χ1n) is 6.22. The number of aliphatic hydroxyl groups excluding tert-OH is 1. The molecule has 1 N–H and O–H groups in total. The molecule has 2 atom stereocenters. The minimum absolute atomic E-state index is 0.0111. The quantitative estimate of drug-likeness (QED) is 0.856. The summed E-state index contributed by atoms with van der Waals surface area (Å²) in [5.41, 5.74) is 1.53. The van der Waals surface area contributed by atoms with Gasteiger partial charge in [-0.25, -0.2) is 0 Å². The van der Waals surface area contributed by atoms with E-state index in [1.165, 1.54) is 6.92 Å². The Bertz CT molecular complexity index is 461. The highest BCUT2D eigenvalue weighted by atomic mass is 35.5. The standard InChI is InChI=1S/C14H18ClNO2/c1-9-5-6-16(14(9)8-17)13-4-3-11(10(2)18)7-12(13)15/h3-4,7,9,14,17H,5-6,8H2,1-2H3. The van der Waals surface area contributed by atoms with E-state index in [9.17, 15) is 9.90 Å². The van der Waals surface area contributed by atoms with E-state index in [4.69, 9.17) is 11.6 Å². The second-order valence-corrected chi connectivity index (χ2v) is 5.34. The molecular weight excluding hydrogens is 250 g/mol. The third-order valence-corrected chi connectivity index (χ3v) is 4.04. The number of halogens is 1. The predicted molar refractivity (Wildman–Crippen MR) is 73.5 cm³/mol. The van der Waals surface area contributed by atoms with Gasteiger partial charge < -0.3 is 10.0 Å². The Morgan fingerprint density at radius 3 is 2.83 bits per heavy atom. The second-order valence-electron chi connectivity index (χ2n) is 4.93. The SMILES string of the molecule is CC(=O)c1ccc(N2CCC(C)C2CO)c(Cl)c1. The summed E-state index contributed by atoms with van der Waals surface area (Å²) in [7, 11) is 0. The fourth-order valence-electron chi connectivity index (χ4n) is 2.54. The number of Topliss-reactive ketones (excluding diaryl/α,β-unsaturated/α-hetero) is 1. The molecule has 1 aromatic carbocycles. The molecule has 1 fully saturated rings. The lowest BCUT2D eigenvalue weighted by Gasteiger charge is -2.28. The highest BCUT2D eigenvalue weighted by Gasteiger charge is 2.31. The van der Waals surface area contributed by atoms with E-state index in [0.717, 1.165) is 18.7 Å². The Hall–Kier alpha value is -1.06. The normalized spacial score (nSPS) is 23.4. The number of nitrogens with zero attached hydrogens (tertiary/aromatic N) is 1. The molecule has 1 saturated heterocycles. The molecule has 0 radical (unpaired) electrons. The molecular formula is C14H18ClNO2. The van der Waals surface area contributed by atoms with E-state index < -0.39 is 0 Å². The Kier molecular flexibility index (Phi) is 3.93. The zero-order valence-corrected chi connectivity index (χ0v) is 11.4. The van der Waals surface area contributed by atoms with Crippen molar-refractivity contribution in [1.29, 1.82) is 0 Å². The number of hydrogen-bond donors (Lipinski definition) is 1. The van der Waals surface area contributed by atoms with E-state index in [-0.39, 0.29) is 18.4 Å². The third-order valence-electron chi connectivity index (χ3n) is 3.73. The molecule has 3 nitrogen and oxygen atoms in total. The van der Waals surface area contributed by atoms with E-state index in [2.05, 4.69) is 11.8 Å². The number of carbonyl (C=O) groups excluding carboxylic acids is 1. The zero-order chi connectivity index (χ0) is 13.3. The van der Waals surface area contributed by atoms with Crippen molar-refractivity contribution in [1.82, 2.24) is 0 Å². The highest BCUT2D eigenvalue weighted by molar-refractivity contribution is 6.33. The first-order valence-corrected chi connectivity index (χ1v) is 6.60. The van der Waals surface area contributed by atoms with Gasteiger partial charge in [0.15, 0.2) is 5.78 Å². The summed E-state index contributed by atoms with van der Waals surface area (Å²) in [4.78, 5) is 13.4. The van der Waals surface area contributed by atoms with E-state index in [0.29, 0.717) is 16.5 Å². The molecule has 0 bridgehead atoms. The van der Waals surface area contributed by atoms with Gasteiger partial charge in [0, 0.05) is 12.1 Å². The lowest BCUT2D eigenvalue weighted by molar-refractivity contribution is 0.101. The fraction of sp³-hybridized carbons (Fsp3) is 0.500. The van der Waals surface area contributed by atoms with Crippen LogP contribution in [0, 0.1) is 5.92 Å². The van der Waals surface area contributed by atoms with Gasteiger partial charge in [0.1, 0.15) is 0 Å². The molecule has 0 spiro atoms. The number of rotatable bonds is 3.